The predicted molar refractivity (Wildman–Crippen MR) is 169 cm³/mol. The maximum absolute atomic E-state index is 13.7. The first-order valence-electron chi connectivity index (χ1n) is 16.6. The Bertz CT molecular complexity index is 1530. The standard InChI is InChI=1S/C37H46NO9/c1-20-17-21(2)37-26(14-15-27-30(37)31(40)23(4)33(34(27)47-37)46-35(41)25-12-7-8-13-25)18-28(43-6)36(42)45-32(20)24(5)44-29(39)19-38-16-10-9-11-22(38)3/h7-12,14-17,20,23-24,26-28,30-34,40H,13,18-19H2,1-6H3/q+1/b21-17+/t20-,23-,24-,26-,27-,28+,30+,31-,32+,33-,34-,37+/m1/s1. The normalized spacial score (nSPS) is 39.2. The number of aryl methyl sites for hydroxylation is 1. The number of esters is 3. The van der Waals surface area contributed by atoms with Crippen molar-refractivity contribution in [2.24, 2.45) is 29.6 Å². The molecule has 10 heteroatoms. The molecule has 0 radical (unpaired) electrons. The average molecular weight is 649 g/mol. The molecule has 2 fully saturated rings. The summed E-state index contributed by atoms with van der Waals surface area (Å²) in [6.45, 7) is 9.47. The number of aliphatic hydroxyl groups is 1. The Morgan fingerprint density at radius 2 is 1.98 bits per heavy atom. The zero-order valence-electron chi connectivity index (χ0n) is 27.9. The highest BCUT2D eigenvalue weighted by molar-refractivity contribution is 5.90. The van der Waals surface area contributed by atoms with E-state index in [9.17, 15) is 19.5 Å². The predicted octanol–water partition coefficient (Wildman–Crippen LogP) is 3.49. The zero-order valence-corrected chi connectivity index (χ0v) is 27.9. The molecule has 12 atom stereocenters. The van der Waals surface area contributed by atoms with E-state index >= 15 is 0 Å². The third-order valence-corrected chi connectivity index (χ3v) is 10.9. The van der Waals surface area contributed by atoms with E-state index in [1.54, 1.807) is 17.6 Å². The van der Waals surface area contributed by atoms with E-state index in [4.69, 9.17) is 23.7 Å². The second kappa shape index (κ2) is 13.1. The Labute approximate surface area is 276 Å². The quantitative estimate of drug-likeness (QED) is 0.205. The topological polar surface area (TPSA) is 121 Å². The minimum Gasteiger partial charge on any atom is -0.456 e. The molecule has 1 spiro atoms. The van der Waals surface area contributed by atoms with Crippen LogP contribution in [-0.2, 0) is 44.6 Å². The molecule has 4 bridgehead atoms. The highest BCUT2D eigenvalue weighted by Gasteiger charge is 2.69. The number of allylic oxidation sites excluding steroid dienone is 3. The number of hydrogen-bond donors (Lipinski definition) is 1. The zero-order chi connectivity index (χ0) is 33.6. The second-order valence-corrected chi connectivity index (χ2v) is 13.7. The molecular formula is C37H46NO9+. The first kappa shape index (κ1) is 33.3. The van der Waals surface area contributed by atoms with Gasteiger partial charge < -0.3 is 28.8 Å². The summed E-state index contributed by atoms with van der Waals surface area (Å²) in [4.78, 5) is 39.8. The monoisotopic (exact) mass is 648 g/mol. The molecule has 3 heterocycles. The van der Waals surface area contributed by atoms with Crippen molar-refractivity contribution in [1.29, 1.82) is 0 Å². The summed E-state index contributed by atoms with van der Waals surface area (Å²) in [7, 11) is 1.47. The highest BCUT2D eigenvalue weighted by Crippen LogP contribution is 2.61. The smallest absolute Gasteiger partial charge is 0.373 e. The molecule has 1 saturated carbocycles. The van der Waals surface area contributed by atoms with Crippen LogP contribution < -0.4 is 4.57 Å². The van der Waals surface area contributed by atoms with Crippen molar-refractivity contribution in [1.82, 2.24) is 0 Å². The molecule has 3 aliphatic carbocycles. The molecule has 5 aliphatic rings. The van der Waals surface area contributed by atoms with Gasteiger partial charge >= 0.3 is 17.9 Å². The molecule has 1 aromatic heterocycles. The van der Waals surface area contributed by atoms with Crippen molar-refractivity contribution in [2.75, 3.05) is 7.11 Å². The number of rotatable bonds is 7. The van der Waals surface area contributed by atoms with Gasteiger partial charge in [0.25, 0.3) is 0 Å². The Kier molecular flexibility index (Phi) is 9.30. The fourth-order valence-corrected chi connectivity index (χ4v) is 8.47. The van der Waals surface area contributed by atoms with Crippen LogP contribution in [0.5, 0.6) is 0 Å². The van der Waals surface area contributed by atoms with E-state index in [1.807, 2.05) is 70.3 Å². The van der Waals surface area contributed by atoms with E-state index in [-0.39, 0.29) is 36.6 Å². The number of cyclic esters (lactones) is 1. The lowest BCUT2D eigenvalue weighted by Crippen LogP contribution is -2.57. The summed E-state index contributed by atoms with van der Waals surface area (Å²) < 4.78 is 32.6. The lowest BCUT2D eigenvalue weighted by molar-refractivity contribution is -0.692. The highest BCUT2D eigenvalue weighted by atomic mass is 16.6. The minimum absolute atomic E-state index is 0.0205. The van der Waals surface area contributed by atoms with Crippen molar-refractivity contribution < 1.29 is 47.7 Å². The van der Waals surface area contributed by atoms with Gasteiger partial charge in [-0.25, -0.2) is 14.4 Å². The number of aliphatic hydroxyl groups excluding tert-OH is 1. The minimum atomic E-state index is -0.984. The van der Waals surface area contributed by atoms with Crippen LogP contribution in [0.4, 0.5) is 0 Å². The molecular weight excluding hydrogens is 602 g/mol. The van der Waals surface area contributed by atoms with Gasteiger partial charge in [0.1, 0.15) is 30.0 Å². The Balaban J connectivity index is 1.31. The molecule has 10 nitrogen and oxygen atoms in total. The fraction of sp³-hybridized carbons (Fsp3) is 0.568. The number of ether oxygens (including phenoxy) is 5. The van der Waals surface area contributed by atoms with Crippen LogP contribution in [0.2, 0.25) is 0 Å². The molecule has 1 aromatic rings. The van der Waals surface area contributed by atoms with Gasteiger partial charge in [-0.2, -0.15) is 4.57 Å². The summed E-state index contributed by atoms with van der Waals surface area (Å²) in [5.41, 5.74) is 1.38. The van der Waals surface area contributed by atoms with Gasteiger partial charge in [0.15, 0.2) is 18.0 Å². The van der Waals surface area contributed by atoms with Crippen LogP contribution in [-0.4, -0.2) is 72.3 Å². The largest absolute Gasteiger partial charge is 0.456 e. The van der Waals surface area contributed by atoms with E-state index in [2.05, 4.69) is 12.2 Å². The van der Waals surface area contributed by atoms with Crippen molar-refractivity contribution in [3.8, 4) is 0 Å². The maximum Gasteiger partial charge on any atom is 0.373 e. The number of hydrogen-bond acceptors (Lipinski definition) is 9. The van der Waals surface area contributed by atoms with Gasteiger partial charge in [-0.1, -0.05) is 56.4 Å². The molecule has 0 aromatic carbocycles. The van der Waals surface area contributed by atoms with E-state index in [0.717, 1.165) is 11.3 Å². The van der Waals surface area contributed by atoms with E-state index in [1.165, 1.54) is 7.11 Å². The van der Waals surface area contributed by atoms with Crippen molar-refractivity contribution in [3.05, 3.63) is 77.7 Å². The summed E-state index contributed by atoms with van der Waals surface area (Å²) in [6, 6.07) is 5.66. The number of pyridine rings is 1. The van der Waals surface area contributed by atoms with Crippen molar-refractivity contribution in [3.63, 3.8) is 0 Å². The second-order valence-electron chi connectivity index (χ2n) is 13.7. The third kappa shape index (κ3) is 5.89. The van der Waals surface area contributed by atoms with Crippen LogP contribution in [0.25, 0.3) is 0 Å². The number of carbonyl (C=O) groups is 3. The molecule has 252 valence electrons. The van der Waals surface area contributed by atoms with Gasteiger partial charge in [0, 0.05) is 61.3 Å². The van der Waals surface area contributed by atoms with Crippen LogP contribution >= 0.6 is 0 Å². The Morgan fingerprint density at radius 1 is 1.19 bits per heavy atom. The van der Waals surface area contributed by atoms with E-state index < -0.39 is 66.1 Å². The molecule has 1 saturated heterocycles. The van der Waals surface area contributed by atoms with E-state index in [0.29, 0.717) is 12.0 Å². The van der Waals surface area contributed by atoms with Crippen LogP contribution in [0, 0.1) is 36.5 Å². The van der Waals surface area contributed by atoms with Crippen LogP contribution in [0.15, 0.2) is 72.0 Å². The fourth-order valence-electron chi connectivity index (χ4n) is 8.47. The molecule has 1 N–H and O–H groups in total. The van der Waals surface area contributed by atoms with Gasteiger partial charge in [-0.05, 0) is 32.3 Å². The summed E-state index contributed by atoms with van der Waals surface area (Å²) in [6.07, 6.45) is 9.69. The van der Waals surface area contributed by atoms with Gasteiger partial charge in [0.2, 0.25) is 6.54 Å². The summed E-state index contributed by atoms with van der Waals surface area (Å²) in [5, 5.41) is 11.9. The lowest BCUT2D eigenvalue weighted by Gasteiger charge is -2.49. The number of nitrogens with zero attached hydrogens (tertiary/aromatic N) is 1. The first-order valence-corrected chi connectivity index (χ1v) is 16.6. The van der Waals surface area contributed by atoms with Crippen molar-refractivity contribution >= 4 is 17.9 Å². The molecule has 0 amide bonds. The number of aromatic nitrogens is 1. The van der Waals surface area contributed by atoms with Crippen molar-refractivity contribution in [2.45, 2.75) is 96.2 Å². The SMILES string of the molecule is CO[C@H]1C[C@H]2C=C[C@H]3[C@H]4O[C@]2(/C(C)=C/[C@@H](C)[C@@H]([C@@H](C)OC(=O)C[n+]2ccccc2C)OC1=O)[C@@H]3[C@H](O)[C@@H](C)[C@H]4OC(=O)C1=CC=CC1. The van der Waals surface area contributed by atoms with Gasteiger partial charge in [0.05, 0.1) is 6.10 Å². The molecule has 47 heavy (non-hydrogen) atoms. The summed E-state index contributed by atoms with van der Waals surface area (Å²) in [5.74, 6) is -3.04. The van der Waals surface area contributed by atoms with Crippen LogP contribution in [0.3, 0.4) is 0 Å². The maximum atomic E-state index is 13.7. The average Bonchev–Trinajstić information content (AvgIpc) is 3.64. The van der Waals surface area contributed by atoms with Gasteiger partial charge in [-0.15, -0.1) is 0 Å². The Hall–Kier alpha value is -3.60. The molecule has 0 unspecified atom stereocenters. The number of carbonyl (C=O) groups excluding carboxylic acids is 3. The van der Waals surface area contributed by atoms with Crippen LogP contribution in [0.1, 0.15) is 46.2 Å². The molecule has 6 rings (SSSR count). The number of methoxy groups -OCH3 is 1. The summed E-state index contributed by atoms with van der Waals surface area (Å²) >= 11 is 0. The third-order valence-electron chi connectivity index (χ3n) is 10.9. The van der Waals surface area contributed by atoms with Gasteiger partial charge in [-0.3, -0.25) is 0 Å². The Morgan fingerprint density at radius 3 is 2.68 bits per heavy atom. The molecule has 2 aliphatic heterocycles. The first-order chi connectivity index (χ1) is 22.5. The lowest BCUT2D eigenvalue weighted by atomic mass is 9.57.